The number of nitrogens with one attached hydrogen (secondary N) is 1. The van der Waals surface area contributed by atoms with E-state index < -0.39 is 0 Å². The molecule has 1 saturated heterocycles. The molecule has 1 unspecified atom stereocenters. The van der Waals surface area contributed by atoms with Crippen LogP contribution >= 0.6 is 15.9 Å². The first-order valence-corrected chi connectivity index (χ1v) is 7.24. The number of halogens is 1. The highest BCUT2D eigenvalue weighted by Gasteiger charge is 2.20. The molecule has 2 rings (SSSR count). The van der Waals surface area contributed by atoms with Gasteiger partial charge < -0.3 is 15.0 Å². The van der Waals surface area contributed by atoms with Gasteiger partial charge in [0, 0.05) is 25.2 Å². The number of carbonyl (C=O) groups excluding carboxylic acids is 1. The smallest absolute Gasteiger partial charge is 0.228 e. The highest BCUT2D eigenvalue weighted by atomic mass is 79.9. The lowest BCUT2D eigenvalue weighted by molar-refractivity contribution is -0.118. The van der Waals surface area contributed by atoms with Gasteiger partial charge in [0.25, 0.3) is 0 Å². The zero-order valence-electron chi connectivity index (χ0n) is 11.3. The van der Waals surface area contributed by atoms with Crippen LogP contribution in [0.3, 0.4) is 0 Å². The Morgan fingerprint density at radius 1 is 1.58 bits per heavy atom. The lowest BCUT2D eigenvalue weighted by Crippen LogP contribution is -2.33. The van der Waals surface area contributed by atoms with Crippen molar-refractivity contribution in [2.24, 2.45) is 0 Å². The minimum Gasteiger partial charge on any atom is -0.496 e. The first kappa shape index (κ1) is 14.3. The molecule has 104 valence electrons. The summed E-state index contributed by atoms with van der Waals surface area (Å²) < 4.78 is 6.04. The second-order valence-electron chi connectivity index (χ2n) is 4.77. The number of rotatable bonds is 4. The van der Waals surface area contributed by atoms with Crippen LogP contribution in [0.5, 0.6) is 5.75 Å². The highest BCUT2D eigenvalue weighted by molar-refractivity contribution is 9.10. The van der Waals surface area contributed by atoms with E-state index in [0.29, 0.717) is 12.5 Å². The first-order chi connectivity index (χ1) is 9.11. The summed E-state index contributed by atoms with van der Waals surface area (Å²) in [4.78, 5) is 13.9. The maximum atomic E-state index is 12.2. The van der Waals surface area contributed by atoms with Crippen molar-refractivity contribution in [3.63, 3.8) is 0 Å². The number of amides is 1. The van der Waals surface area contributed by atoms with Crippen molar-refractivity contribution in [2.75, 3.05) is 25.6 Å². The van der Waals surface area contributed by atoms with Gasteiger partial charge in [-0.3, -0.25) is 4.79 Å². The standard InChI is InChI=1S/C14H19BrN2O2/c1-17(14(18)8-10-4-3-7-16-10)11-5-6-13(19-2)12(15)9-11/h5-6,9-10,16H,3-4,7-8H2,1-2H3. The summed E-state index contributed by atoms with van der Waals surface area (Å²) in [6.07, 6.45) is 2.81. The molecular weight excluding hydrogens is 308 g/mol. The molecule has 0 saturated carbocycles. The number of nitrogens with zero attached hydrogens (tertiary/aromatic N) is 1. The van der Waals surface area contributed by atoms with Crippen LogP contribution in [0.4, 0.5) is 5.69 Å². The highest BCUT2D eigenvalue weighted by Crippen LogP contribution is 2.29. The monoisotopic (exact) mass is 326 g/mol. The Labute approximate surface area is 122 Å². The predicted octanol–water partition coefficient (Wildman–Crippen LogP) is 2.56. The fraction of sp³-hybridized carbons (Fsp3) is 0.500. The molecule has 1 amide bonds. The van der Waals surface area contributed by atoms with Crippen LogP contribution in [0, 0.1) is 0 Å². The number of carbonyl (C=O) groups is 1. The van der Waals surface area contributed by atoms with Gasteiger partial charge in [0.2, 0.25) is 5.91 Å². The molecule has 19 heavy (non-hydrogen) atoms. The molecule has 5 heteroatoms. The molecule has 0 radical (unpaired) electrons. The van der Waals surface area contributed by atoms with Crippen LogP contribution < -0.4 is 15.0 Å². The van der Waals surface area contributed by atoms with Crippen LogP contribution in [0.15, 0.2) is 22.7 Å². The Balaban J connectivity index is 2.03. The van der Waals surface area contributed by atoms with Crippen LogP contribution in [0.2, 0.25) is 0 Å². The lowest BCUT2D eigenvalue weighted by Gasteiger charge is -2.20. The van der Waals surface area contributed by atoms with Crippen molar-refractivity contribution in [1.82, 2.24) is 5.32 Å². The maximum Gasteiger partial charge on any atom is 0.228 e. The van der Waals surface area contributed by atoms with Gasteiger partial charge in [-0.05, 0) is 53.5 Å². The number of benzene rings is 1. The normalized spacial score (nSPS) is 18.4. The quantitative estimate of drug-likeness (QED) is 0.924. The number of ether oxygens (including phenoxy) is 1. The van der Waals surface area contributed by atoms with Crippen LogP contribution in [-0.2, 0) is 4.79 Å². The summed E-state index contributed by atoms with van der Waals surface area (Å²) in [6, 6.07) is 5.98. The molecule has 1 fully saturated rings. The molecular formula is C14H19BrN2O2. The molecule has 0 aromatic heterocycles. The van der Waals surface area contributed by atoms with E-state index in [0.717, 1.165) is 35.3 Å². The summed E-state index contributed by atoms with van der Waals surface area (Å²) >= 11 is 3.44. The number of hydrogen-bond donors (Lipinski definition) is 1. The van der Waals surface area contributed by atoms with Crippen molar-refractivity contribution >= 4 is 27.5 Å². The zero-order chi connectivity index (χ0) is 13.8. The van der Waals surface area contributed by atoms with Crippen molar-refractivity contribution in [1.29, 1.82) is 0 Å². The van der Waals surface area contributed by atoms with Crippen molar-refractivity contribution < 1.29 is 9.53 Å². The van der Waals surface area contributed by atoms with Gasteiger partial charge in [0.15, 0.2) is 0 Å². The van der Waals surface area contributed by atoms with Gasteiger partial charge in [-0.2, -0.15) is 0 Å². The number of hydrogen-bond acceptors (Lipinski definition) is 3. The second-order valence-corrected chi connectivity index (χ2v) is 5.62. The lowest BCUT2D eigenvalue weighted by atomic mass is 10.1. The molecule has 1 aromatic rings. The molecule has 1 aromatic carbocycles. The Hall–Kier alpha value is -1.07. The minimum atomic E-state index is 0.136. The van der Waals surface area contributed by atoms with E-state index in [1.807, 2.05) is 25.2 Å². The van der Waals surface area contributed by atoms with Gasteiger partial charge in [-0.1, -0.05) is 0 Å². The van der Waals surface area contributed by atoms with Gasteiger partial charge in [0.1, 0.15) is 5.75 Å². The van der Waals surface area contributed by atoms with E-state index in [1.165, 1.54) is 0 Å². The average molecular weight is 327 g/mol. The maximum absolute atomic E-state index is 12.2. The molecule has 4 nitrogen and oxygen atoms in total. The van der Waals surface area contributed by atoms with E-state index in [-0.39, 0.29) is 5.91 Å². The van der Waals surface area contributed by atoms with Gasteiger partial charge in [-0.15, -0.1) is 0 Å². The summed E-state index contributed by atoms with van der Waals surface area (Å²) in [5.74, 6) is 0.901. The Bertz CT molecular complexity index is 459. The molecule has 1 N–H and O–H groups in total. The summed E-state index contributed by atoms with van der Waals surface area (Å²) in [5, 5.41) is 3.35. The molecule has 1 aliphatic rings. The predicted molar refractivity (Wildman–Crippen MR) is 79.7 cm³/mol. The van der Waals surface area contributed by atoms with E-state index in [2.05, 4.69) is 21.2 Å². The van der Waals surface area contributed by atoms with E-state index in [4.69, 9.17) is 4.74 Å². The van der Waals surface area contributed by atoms with Gasteiger partial charge in [0.05, 0.1) is 11.6 Å². The van der Waals surface area contributed by atoms with E-state index in [1.54, 1.807) is 12.0 Å². The van der Waals surface area contributed by atoms with Crippen molar-refractivity contribution in [3.8, 4) is 5.75 Å². The van der Waals surface area contributed by atoms with Gasteiger partial charge in [-0.25, -0.2) is 0 Å². The van der Waals surface area contributed by atoms with E-state index >= 15 is 0 Å². The Morgan fingerprint density at radius 2 is 2.37 bits per heavy atom. The average Bonchev–Trinajstić information content (AvgIpc) is 2.90. The third-order valence-corrected chi connectivity index (χ3v) is 4.10. The summed E-state index contributed by atoms with van der Waals surface area (Å²) in [7, 11) is 3.44. The number of methoxy groups -OCH3 is 1. The largest absolute Gasteiger partial charge is 0.496 e. The molecule has 1 atom stereocenters. The van der Waals surface area contributed by atoms with Crippen LogP contribution in [0.25, 0.3) is 0 Å². The molecule has 0 spiro atoms. The SMILES string of the molecule is COc1ccc(N(C)C(=O)CC2CCCN2)cc1Br. The van der Waals surface area contributed by atoms with Gasteiger partial charge >= 0.3 is 0 Å². The molecule has 0 bridgehead atoms. The fourth-order valence-electron chi connectivity index (χ4n) is 2.29. The van der Waals surface area contributed by atoms with Crippen molar-refractivity contribution in [2.45, 2.75) is 25.3 Å². The molecule has 1 heterocycles. The summed E-state index contributed by atoms with van der Waals surface area (Å²) in [5.41, 5.74) is 0.871. The van der Waals surface area contributed by atoms with Crippen LogP contribution in [-0.4, -0.2) is 32.7 Å². The third kappa shape index (κ3) is 3.48. The van der Waals surface area contributed by atoms with Crippen molar-refractivity contribution in [3.05, 3.63) is 22.7 Å². The number of anilines is 1. The Kier molecular flexibility index (Phi) is 4.82. The van der Waals surface area contributed by atoms with Crippen LogP contribution in [0.1, 0.15) is 19.3 Å². The van der Waals surface area contributed by atoms with E-state index in [9.17, 15) is 4.79 Å². The second kappa shape index (κ2) is 6.39. The zero-order valence-corrected chi connectivity index (χ0v) is 12.9. The summed E-state index contributed by atoms with van der Waals surface area (Å²) in [6.45, 7) is 1.02. The third-order valence-electron chi connectivity index (χ3n) is 3.48. The Morgan fingerprint density at radius 3 is 2.95 bits per heavy atom. The first-order valence-electron chi connectivity index (χ1n) is 6.45. The molecule has 0 aliphatic carbocycles. The fourth-order valence-corrected chi connectivity index (χ4v) is 2.82. The topological polar surface area (TPSA) is 41.6 Å². The minimum absolute atomic E-state index is 0.136. The molecule has 1 aliphatic heterocycles.